The molecule has 0 saturated carbocycles. The zero-order valence-electron chi connectivity index (χ0n) is 12.2. The van der Waals surface area contributed by atoms with E-state index in [9.17, 15) is 15.0 Å². The fraction of sp³-hybridized carbons (Fsp3) is 0.538. The van der Waals surface area contributed by atoms with Crippen LogP contribution in [0.25, 0.3) is 11.2 Å². The van der Waals surface area contributed by atoms with Crippen LogP contribution in [0.4, 0.5) is 0 Å². The molecular weight excluding hydrogens is 324 g/mol. The van der Waals surface area contributed by atoms with Gasteiger partial charge in [-0.3, -0.25) is 9.36 Å². The molecular formula is C13H16N4O5S. The number of fused-ring (bicyclic) bond motifs is 1. The van der Waals surface area contributed by atoms with Crippen LogP contribution in [-0.2, 0) is 9.53 Å². The Morgan fingerprint density at radius 1 is 1.35 bits per heavy atom. The highest BCUT2D eigenvalue weighted by atomic mass is 32.2. The number of ketones is 1. The molecule has 1 fully saturated rings. The maximum Gasteiger partial charge on any atom is 0.166 e. The Kier molecular flexibility index (Phi) is 4.60. The lowest BCUT2D eigenvalue weighted by atomic mass is 10.1. The van der Waals surface area contributed by atoms with E-state index in [1.807, 2.05) is 0 Å². The maximum absolute atomic E-state index is 11.1. The Morgan fingerprint density at radius 2 is 2.13 bits per heavy atom. The van der Waals surface area contributed by atoms with Gasteiger partial charge in [0.15, 0.2) is 11.9 Å². The Hall–Kier alpha value is -1.59. The van der Waals surface area contributed by atoms with Crippen molar-refractivity contribution in [3.05, 3.63) is 12.7 Å². The lowest BCUT2D eigenvalue weighted by Crippen LogP contribution is -2.33. The highest BCUT2D eigenvalue weighted by molar-refractivity contribution is 8.00. The fourth-order valence-corrected chi connectivity index (χ4v) is 3.14. The van der Waals surface area contributed by atoms with Gasteiger partial charge < -0.3 is 20.1 Å². The number of rotatable bonds is 5. The molecule has 10 heteroatoms. The van der Waals surface area contributed by atoms with Crippen molar-refractivity contribution >= 4 is 28.7 Å². The van der Waals surface area contributed by atoms with Crippen molar-refractivity contribution in [1.29, 1.82) is 0 Å². The number of carbonyl (C=O) groups is 1. The molecule has 124 valence electrons. The summed E-state index contributed by atoms with van der Waals surface area (Å²) in [5.41, 5.74) is 0.900. The van der Waals surface area contributed by atoms with Crippen molar-refractivity contribution in [2.45, 2.75) is 36.5 Å². The van der Waals surface area contributed by atoms with Gasteiger partial charge in [-0.15, -0.1) is 0 Å². The van der Waals surface area contributed by atoms with E-state index >= 15 is 0 Å². The van der Waals surface area contributed by atoms with Gasteiger partial charge in [0.1, 0.15) is 41.0 Å². The first-order valence-corrected chi connectivity index (χ1v) is 7.93. The number of ether oxygens (including phenoxy) is 1. The van der Waals surface area contributed by atoms with E-state index in [1.165, 1.54) is 35.9 Å². The van der Waals surface area contributed by atoms with Gasteiger partial charge in [-0.05, 0) is 6.92 Å². The first kappa shape index (κ1) is 16.3. The molecule has 2 unspecified atom stereocenters. The summed E-state index contributed by atoms with van der Waals surface area (Å²) in [5, 5.41) is 29.7. The van der Waals surface area contributed by atoms with Crippen molar-refractivity contribution in [3.63, 3.8) is 0 Å². The number of thioether (sulfide) groups is 1. The Bertz CT molecular complexity index is 723. The molecule has 0 aliphatic carbocycles. The first-order valence-electron chi connectivity index (χ1n) is 6.95. The molecule has 1 saturated heterocycles. The molecule has 0 spiro atoms. The number of carbonyl (C=O) groups excluding carboxylic acids is 1. The summed E-state index contributed by atoms with van der Waals surface area (Å²) < 4.78 is 6.96. The van der Waals surface area contributed by atoms with Gasteiger partial charge in [-0.25, -0.2) is 15.0 Å². The quantitative estimate of drug-likeness (QED) is 0.469. The number of Topliss-reactive ketones (excluding diaryl/α,β-unsaturated/α-hetero) is 1. The summed E-state index contributed by atoms with van der Waals surface area (Å²) >= 11 is 1.25. The van der Waals surface area contributed by atoms with E-state index in [-0.39, 0.29) is 11.5 Å². The Balaban J connectivity index is 1.94. The zero-order valence-corrected chi connectivity index (χ0v) is 13.1. The van der Waals surface area contributed by atoms with E-state index in [2.05, 4.69) is 15.0 Å². The van der Waals surface area contributed by atoms with Crippen molar-refractivity contribution < 1.29 is 24.9 Å². The van der Waals surface area contributed by atoms with Crippen LogP contribution in [0.3, 0.4) is 0 Å². The van der Waals surface area contributed by atoms with Crippen LogP contribution in [0.15, 0.2) is 17.7 Å². The highest BCUT2D eigenvalue weighted by Crippen LogP contribution is 2.32. The summed E-state index contributed by atoms with van der Waals surface area (Å²) in [6.07, 6.45) is -1.43. The zero-order chi connectivity index (χ0) is 16.6. The standard InChI is InChI=1S/C13H16N4O5S/c1-6(19)3-23-12-8-11(14-4-15-12)17(5-16-8)13-10(21)9(20)7(2-18)22-13/h4-5,7,9-10,13,18,20-21H,2-3H2,1H3/t7-,9?,10?,13-/m1/s1. The molecule has 0 amide bonds. The third-order valence-electron chi connectivity index (χ3n) is 3.53. The smallest absolute Gasteiger partial charge is 0.166 e. The highest BCUT2D eigenvalue weighted by Gasteiger charge is 2.44. The van der Waals surface area contributed by atoms with Gasteiger partial charge >= 0.3 is 0 Å². The number of aromatic nitrogens is 4. The van der Waals surface area contributed by atoms with Crippen LogP contribution in [0.2, 0.25) is 0 Å². The minimum Gasteiger partial charge on any atom is -0.394 e. The van der Waals surface area contributed by atoms with Crippen molar-refractivity contribution in [2.24, 2.45) is 0 Å². The predicted octanol–water partition coefficient (Wildman–Crippen LogP) is -0.881. The van der Waals surface area contributed by atoms with E-state index in [4.69, 9.17) is 9.84 Å². The molecule has 1 aliphatic heterocycles. The van der Waals surface area contributed by atoms with Gasteiger partial charge in [0, 0.05) is 0 Å². The number of aliphatic hydroxyl groups is 3. The van der Waals surface area contributed by atoms with E-state index in [0.29, 0.717) is 16.2 Å². The van der Waals surface area contributed by atoms with E-state index < -0.39 is 31.1 Å². The molecule has 3 rings (SSSR count). The molecule has 4 atom stereocenters. The molecule has 2 aromatic heterocycles. The third-order valence-corrected chi connectivity index (χ3v) is 4.65. The number of hydrogen-bond donors (Lipinski definition) is 3. The molecule has 0 radical (unpaired) electrons. The number of aliphatic hydroxyl groups excluding tert-OH is 3. The molecule has 3 heterocycles. The molecule has 1 aliphatic rings. The summed E-state index contributed by atoms with van der Waals surface area (Å²) in [7, 11) is 0. The average Bonchev–Trinajstić information content (AvgIpc) is 3.08. The van der Waals surface area contributed by atoms with Crippen molar-refractivity contribution in [1.82, 2.24) is 19.5 Å². The fourth-order valence-electron chi connectivity index (χ4n) is 2.40. The molecule has 2 aromatic rings. The minimum absolute atomic E-state index is 0.0182. The Labute approximate surface area is 135 Å². The van der Waals surface area contributed by atoms with Crippen LogP contribution < -0.4 is 0 Å². The largest absolute Gasteiger partial charge is 0.394 e. The topological polar surface area (TPSA) is 131 Å². The second kappa shape index (κ2) is 6.49. The minimum atomic E-state index is -1.21. The number of imidazole rings is 1. The lowest BCUT2D eigenvalue weighted by Gasteiger charge is -2.16. The van der Waals surface area contributed by atoms with Gasteiger partial charge in [0.2, 0.25) is 0 Å². The van der Waals surface area contributed by atoms with Crippen molar-refractivity contribution in [2.75, 3.05) is 12.4 Å². The number of nitrogens with zero attached hydrogens (tertiary/aromatic N) is 4. The maximum atomic E-state index is 11.1. The van der Waals surface area contributed by atoms with Crippen molar-refractivity contribution in [3.8, 4) is 0 Å². The molecule has 0 aromatic carbocycles. The summed E-state index contributed by atoms with van der Waals surface area (Å²) in [5.74, 6) is 0.289. The monoisotopic (exact) mass is 340 g/mol. The second-order valence-electron chi connectivity index (χ2n) is 5.22. The second-order valence-corrected chi connectivity index (χ2v) is 6.19. The summed E-state index contributed by atoms with van der Waals surface area (Å²) in [6.45, 7) is 1.08. The van der Waals surface area contributed by atoms with E-state index in [1.54, 1.807) is 0 Å². The van der Waals surface area contributed by atoms with Gasteiger partial charge in [0.05, 0.1) is 18.7 Å². The summed E-state index contributed by atoms with van der Waals surface area (Å²) in [6, 6.07) is 0. The van der Waals surface area contributed by atoms with Gasteiger partial charge in [-0.1, -0.05) is 11.8 Å². The molecule has 23 heavy (non-hydrogen) atoms. The van der Waals surface area contributed by atoms with Gasteiger partial charge in [-0.2, -0.15) is 0 Å². The van der Waals surface area contributed by atoms with Gasteiger partial charge in [0.25, 0.3) is 0 Å². The normalized spacial score (nSPS) is 27.7. The molecule has 0 bridgehead atoms. The van der Waals surface area contributed by atoms with Crippen LogP contribution in [0.5, 0.6) is 0 Å². The SMILES string of the molecule is CC(=O)CSc1ncnc2c1ncn2[C@@H]1O[C@H](CO)C(O)C1O. The summed E-state index contributed by atoms with van der Waals surface area (Å²) in [4.78, 5) is 23.6. The average molecular weight is 340 g/mol. The van der Waals surface area contributed by atoms with E-state index in [0.717, 1.165) is 0 Å². The number of hydrogen-bond acceptors (Lipinski definition) is 9. The lowest BCUT2D eigenvalue weighted by molar-refractivity contribution is -0.114. The third kappa shape index (κ3) is 2.95. The first-order chi connectivity index (χ1) is 11.0. The van der Waals surface area contributed by atoms with Crippen LogP contribution in [-0.4, -0.2) is 71.3 Å². The van der Waals surface area contributed by atoms with Crippen LogP contribution in [0.1, 0.15) is 13.2 Å². The molecule has 3 N–H and O–H groups in total. The van der Waals surface area contributed by atoms with Crippen LogP contribution in [0, 0.1) is 0 Å². The van der Waals surface area contributed by atoms with Crippen LogP contribution >= 0.6 is 11.8 Å². The molecule has 9 nitrogen and oxygen atoms in total. The Morgan fingerprint density at radius 3 is 2.78 bits per heavy atom. The predicted molar refractivity (Wildman–Crippen MR) is 79.7 cm³/mol.